The fraction of sp³-hybridized carbons (Fsp3) is 0.611. The summed E-state index contributed by atoms with van der Waals surface area (Å²) in [7, 11) is 0. The molecule has 1 aromatic rings. The van der Waals surface area contributed by atoms with Crippen LogP contribution in [0.2, 0.25) is 0 Å². The highest BCUT2D eigenvalue weighted by Gasteiger charge is 2.42. The molecule has 21 heavy (non-hydrogen) atoms. The zero-order valence-electron chi connectivity index (χ0n) is 13.5. The first kappa shape index (κ1) is 16.0. The van der Waals surface area contributed by atoms with Gasteiger partial charge in [0.15, 0.2) is 0 Å². The third-order valence-corrected chi connectivity index (χ3v) is 4.75. The van der Waals surface area contributed by atoms with Gasteiger partial charge in [0.2, 0.25) is 5.91 Å². The molecule has 2 rings (SSSR count). The molecule has 3 N–H and O–H groups in total. The number of carbonyl (C=O) groups excluding carboxylic acids is 1. The van der Waals surface area contributed by atoms with Crippen molar-refractivity contribution in [1.82, 2.24) is 5.32 Å². The maximum atomic E-state index is 12.8. The summed E-state index contributed by atoms with van der Waals surface area (Å²) < 4.78 is 0. The summed E-state index contributed by atoms with van der Waals surface area (Å²) in [5, 5.41) is 3.08. The second kappa shape index (κ2) is 6.61. The minimum atomic E-state index is -0.348. The Kier molecular flexibility index (Phi) is 5.04. The van der Waals surface area contributed by atoms with Crippen LogP contribution >= 0.6 is 0 Å². The average Bonchev–Trinajstić information content (AvgIpc) is 2.98. The van der Waals surface area contributed by atoms with Crippen molar-refractivity contribution in [1.29, 1.82) is 0 Å². The maximum absolute atomic E-state index is 12.8. The van der Waals surface area contributed by atoms with Crippen LogP contribution in [0.3, 0.4) is 0 Å². The monoisotopic (exact) mass is 288 g/mol. The zero-order valence-corrected chi connectivity index (χ0v) is 13.5. The van der Waals surface area contributed by atoms with E-state index >= 15 is 0 Å². The van der Waals surface area contributed by atoms with E-state index in [4.69, 9.17) is 5.73 Å². The van der Waals surface area contributed by atoms with Crippen LogP contribution in [-0.4, -0.2) is 18.5 Å². The third kappa shape index (κ3) is 3.29. The standard InChI is InChI=1S/C18H28N2O/c1-13(2)15-6-8-16(9-7-15)18(10-4-5-11-18)17(21)20-14(3)12-19/h6-9,13-14H,4-5,10-12,19H2,1-3H3,(H,20,21)/t14-/m0/s1. The Morgan fingerprint density at radius 3 is 2.24 bits per heavy atom. The molecule has 0 bridgehead atoms. The number of amides is 1. The molecule has 0 aliphatic heterocycles. The molecule has 3 heteroatoms. The Labute approximate surface area is 128 Å². The lowest BCUT2D eigenvalue weighted by Crippen LogP contribution is -2.48. The van der Waals surface area contributed by atoms with E-state index in [0.29, 0.717) is 12.5 Å². The van der Waals surface area contributed by atoms with E-state index in [9.17, 15) is 4.79 Å². The number of nitrogens with two attached hydrogens (primary N) is 1. The van der Waals surface area contributed by atoms with Gasteiger partial charge in [0.25, 0.3) is 0 Å². The van der Waals surface area contributed by atoms with Crippen LogP contribution < -0.4 is 11.1 Å². The number of rotatable bonds is 5. The Morgan fingerprint density at radius 2 is 1.76 bits per heavy atom. The lowest BCUT2D eigenvalue weighted by molar-refractivity contribution is -0.127. The number of hydrogen-bond donors (Lipinski definition) is 2. The van der Waals surface area contributed by atoms with Crippen molar-refractivity contribution >= 4 is 5.91 Å². The van der Waals surface area contributed by atoms with Crippen molar-refractivity contribution in [2.24, 2.45) is 5.73 Å². The van der Waals surface area contributed by atoms with Crippen molar-refractivity contribution in [3.8, 4) is 0 Å². The summed E-state index contributed by atoms with van der Waals surface area (Å²) in [4.78, 5) is 12.8. The maximum Gasteiger partial charge on any atom is 0.230 e. The number of nitrogens with one attached hydrogen (secondary N) is 1. The van der Waals surface area contributed by atoms with E-state index in [0.717, 1.165) is 31.2 Å². The Balaban J connectivity index is 2.27. The molecular formula is C18H28N2O. The number of carbonyl (C=O) groups is 1. The van der Waals surface area contributed by atoms with Gasteiger partial charge in [-0.05, 0) is 36.8 Å². The summed E-state index contributed by atoms with van der Waals surface area (Å²) in [6.07, 6.45) is 4.13. The molecule has 1 aliphatic carbocycles. The van der Waals surface area contributed by atoms with Crippen molar-refractivity contribution in [3.05, 3.63) is 35.4 Å². The second-order valence-electron chi connectivity index (χ2n) is 6.68. The third-order valence-electron chi connectivity index (χ3n) is 4.75. The minimum absolute atomic E-state index is 0.0323. The highest BCUT2D eigenvalue weighted by molar-refractivity contribution is 5.88. The Hall–Kier alpha value is -1.35. The summed E-state index contributed by atoms with van der Waals surface area (Å²) in [5.41, 5.74) is 7.77. The Morgan fingerprint density at radius 1 is 1.19 bits per heavy atom. The van der Waals surface area contributed by atoms with Gasteiger partial charge in [-0.15, -0.1) is 0 Å². The molecule has 1 aliphatic rings. The van der Waals surface area contributed by atoms with Gasteiger partial charge in [-0.1, -0.05) is 51.0 Å². The quantitative estimate of drug-likeness (QED) is 0.875. The van der Waals surface area contributed by atoms with Gasteiger partial charge < -0.3 is 11.1 Å². The number of benzene rings is 1. The molecule has 116 valence electrons. The predicted octanol–water partition coefficient (Wildman–Crippen LogP) is 3.09. The van der Waals surface area contributed by atoms with Gasteiger partial charge in [0, 0.05) is 12.6 Å². The van der Waals surface area contributed by atoms with Crippen LogP contribution in [0.5, 0.6) is 0 Å². The summed E-state index contributed by atoms with van der Waals surface area (Å²) in [6, 6.07) is 8.66. The smallest absolute Gasteiger partial charge is 0.230 e. The van der Waals surface area contributed by atoms with Crippen LogP contribution in [0.15, 0.2) is 24.3 Å². The lowest BCUT2D eigenvalue weighted by atomic mass is 9.77. The zero-order chi connectivity index (χ0) is 15.5. The van der Waals surface area contributed by atoms with Gasteiger partial charge in [-0.3, -0.25) is 4.79 Å². The average molecular weight is 288 g/mol. The van der Waals surface area contributed by atoms with Crippen molar-refractivity contribution in [2.75, 3.05) is 6.54 Å². The summed E-state index contributed by atoms with van der Waals surface area (Å²) in [6.45, 7) is 6.82. The first-order valence-corrected chi connectivity index (χ1v) is 8.11. The van der Waals surface area contributed by atoms with Gasteiger partial charge in [-0.25, -0.2) is 0 Å². The lowest BCUT2D eigenvalue weighted by Gasteiger charge is -2.30. The molecule has 1 aromatic carbocycles. The molecule has 1 amide bonds. The molecule has 0 heterocycles. The van der Waals surface area contributed by atoms with Crippen LogP contribution in [0.25, 0.3) is 0 Å². The normalized spacial score (nSPS) is 18.7. The first-order valence-electron chi connectivity index (χ1n) is 8.11. The fourth-order valence-corrected chi connectivity index (χ4v) is 3.23. The molecule has 0 aromatic heterocycles. The molecule has 0 saturated heterocycles. The van der Waals surface area contributed by atoms with E-state index in [2.05, 4.69) is 43.4 Å². The van der Waals surface area contributed by atoms with Gasteiger partial charge in [-0.2, -0.15) is 0 Å². The van der Waals surface area contributed by atoms with Crippen LogP contribution in [0, 0.1) is 0 Å². The predicted molar refractivity (Wildman–Crippen MR) is 87.3 cm³/mol. The minimum Gasteiger partial charge on any atom is -0.352 e. The molecular weight excluding hydrogens is 260 g/mol. The molecule has 0 spiro atoms. The fourth-order valence-electron chi connectivity index (χ4n) is 3.23. The SMILES string of the molecule is CC(C)c1ccc(C2(C(=O)N[C@@H](C)CN)CCCC2)cc1. The molecule has 0 radical (unpaired) electrons. The molecule has 0 unspecified atom stereocenters. The van der Waals surface area contributed by atoms with Crippen molar-refractivity contribution in [3.63, 3.8) is 0 Å². The summed E-state index contributed by atoms with van der Waals surface area (Å²) >= 11 is 0. The van der Waals surface area contributed by atoms with Crippen LogP contribution in [0.4, 0.5) is 0 Å². The molecule has 3 nitrogen and oxygen atoms in total. The van der Waals surface area contributed by atoms with E-state index in [-0.39, 0.29) is 17.4 Å². The van der Waals surface area contributed by atoms with Crippen LogP contribution in [-0.2, 0) is 10.2 Å². The van der Waals surface area contributed by atoms with Crippen molar-refractivity contribution in [2.45, 2.75) is 63.8 Å². The van der Waals surface area contributed by atoms with Crippen LogP contribution in [0.1, 0.15) is 63.5 Å². The highest BCUT2D eigenvalue weighted by atomic mass is 16.2. The summed E-state index contributed by atoms with van der Waals surface area (Å²) in [5.74, 6) is 0.667. The molecule has 1 atom stereocenters. The Bertz CT molecular complexity index is 472. The first-order chi connectivity index (χ1) is 9.99. The highest BCUT2D eigenvalue weighted by Crippen LogP contribution is 2.41. The van der Waals surface area contributed by atoms with E-state index < -0.39 is 0 Å². The van der Waals surface area contributed by atoms with Gasteiger partial charge in [0.1, 0.15) is 0 Å². The van der Waals surface area contributed by atoms with Gasteiger partial charge in [0.05, 0.1) is 5.41 Å². The topological polar surface area (TPSA) is 55.1 Å². The largest absolute Gasteiger partial charge is 0.352 e. The van der Waals surface area contributed by atoms with E-state index in [1.54, 1.807) is 0 Å². The van der Waals surface area contributed by atoms with E-state index in [1.807, 2.05) is 6.92 Å². The van der Waals surface area contributed by atoms with Crippen molar-refractivity contribution < 1.29 is 4.79 Å². The second-order valence-corrected chi connectivity index (χ2v) is 6.68. The molecule has 1 fully saturated rings. The molecule has 1 saturated carbocycles. The van der Waals surface area contributed by atoms with Gasteiger partial charge >= 0.3 is 0 Å². The van der Waals surface area contributed by atoms with E-state index in [1.165, 1.54) is 5.56 Å². The number of hydrogen-bond acceptors (Lipinski definition) is 2.